The van der Waals surface area contributed by atoms with Crippen LogP contribution in [0.1, 0.15) is 5.56 Å². The van der Waals surface area contributed by atoms with Gasteiger partial charge >= 0.3 is 0 Å². The van der Waals surface area contributed by atoms with Gasteiger partial charge in [-0.3, -0.25) is 4.90 Å². The molecular formula is C19H16ClF4N3S. The number of likely N-dealkylation sites (tertiary alicyclic amines) is 1. The van der Waals surface area contributed by atoms with Gasteiger partial charge in [-0.25, -0.2) is 22.3 Å². The first-order valence-corrected chi connectivity index (χ1v) is 9.55. The molecule has 1 aliphatic rings. The van der Waals surface area contributed by atoms with Gasteiger partial charge in [0.05, 0.1) is 12.6 Å². The summed E-state index contributed by atoms with van der Waals surface area (Å²) in [5, 5.41) is 10.6. The lowest BCUT2D eigenvalue weighted by molar-refractivity contribution is -0.00419. The Morgan fingerprint density at radius 1 is 1.29 bits per heavy atom. The molecule has 1 N–H and O–H groups in total. The lowest BCUT2D eigenvalue weighted by atomic mass is 9.95. The van der Waals surface area contributed by atoms with Crippen molar-refractivity contribution in [2.45, 2.75) is 24.4 Å². The van der Waals surface area contributed by atoms with Crippen molar-refractivity contribution in [3.63, 3.8) is 0 Å². The highest BCUT2D eigenvalue weighted by Gasteiger charge is 2.53. The molecular weight excluding hydrogens is 414 g/mol. The highest BCUT2D eigenvalue weighted by atomic mass is 35.5. The van der Waals surface area contributed by atoms with Crippen LogP contribution in [0.2, 0.25) is 5.02 Å². The van der Waals surface area contributed by atoms with Crippen molar-refractivity contribution in [2.24, 2.45) is 0 Å². The molecule has 0 spiro atoms. The highest BCUT2D eigenvalue weighted by molar-refractivity contribution is 8.01. The molecule has 0 bridgehead atoms. The Labute approximate surface area is 169 Å². The van der Waals surface area contributed by atoms with Crippen molar-refractivity contribution in [3.05, 3.63) is 58.6 Å². The van der Waals surface area contributed by atoms with Crippen LogP contribution >= 0.6 is 23.5 Å². The molecule has 2 unspecified atom stereocenters. The van der Waals surface area contributed by atoms with E-state index in [1.807, 2.05) is 0 Å². The first-order valence-electron chi connectivity index (χ1n) is 8.36. The quantitative estimate of drug-likeness (QED) is 0.418. The van der Waals surface area contributed by atoms with Gasteiger partial charge in [-0.05, 0) is 37.2 Å². The maximum Gasteiger partial charge on any atom is 0.277 e. The first kappa shape index (κ1) is 20.9. The van der Waals surface area contributed by atoms with Gasteiger partial charge in [-0.2, -0.15) is 5.26 Å². The van der Waals surface area contributed by atoms with E-state index in [1.54, 1.807) is 11.5 Å². The number of halogens is 5. The number of nitrogens with zero attached hydrogens (tertiary/aromatic N) is 2. The van der Waals surface area contributed by atoms with Crippen molar-refractivity contribution < 1.29 is 17.6 Å². The molecule has 1 fully saturated rings. The van der Waals surface area contributed by atoms with E-state index in [4.69, 9.17) is 16.9 Å². The van der Waals surface area contributed by atoms with Crippen molar-refractivity contribution in [1.82, 2.24) is 9.62 Å². The minimum atomic E-state index is -3.07. The lowest BCUT2D eigenvalue weighted by Gasteiger charge is -2.26. The predicted octanol–water partition coefficient (Wildman–Crippen LogP) is 4.86. The van der Waals surface area contributed by atoms with E-state index < -0.39 is 36.2 Å². The van der Waals surface area contributed by atoms with Gasteiger partial charge in [0.2, 0.25) is 0 Å². The van der Waals surface area contributed by atoms with E-state index in [0.29, 0.717) is 11.9 Å². The summed E-state index contributed by atoms with van der Waals surface area (Å²) < 4.78 is 60.3. The Kier molecular flexibility index (Phi) is 6.20. The third kappa shape index (κ3) is 4.13. The molecule has 2 atom stereocenters. The number of nitrogens with one attached hydrogen (secondary N) is 1. The Morgan fingerprint density at radius 3 is 2.75 bits per heavy atom. The van der Waals surface area contributed by atoms with E-state index >= 15 is 4.39 Å². The minimum absolute atomic E-state index is 0.00617. The Morgan fingerprint density at radius 2 is 2.04 bits per heavy atom. The van der Waals surface area contributed by atoms with Crippen LogP contribution in [0.5, 0.6) is 0 Å². The summed E-state index contributed by atoms with van der Waals surface area (Å²) in [4.78, 5) is 1.43. The standard InChI is InChI=1S/C19H16ClF4N3S/c1-27-9-19(23,24)18(26-28-10-25)16(27)7-11-3-2-4-13(17(11)22)14-8-12(20)5-6-15(14)21/h2-6,8,16,18,26H,7,9H2,1H3. The van der Waals surface area contributed by atoms with Crippen LogP contribution in [0.3, 0.4) is 0 Å². The van der Waals surface area contributed by atoms with E-state index in [9.17, 15) is 13.2 Å². The van der Waals surface area contributed by atoms with Crippen LogP contribution < -0.4 is 4.72 Å². The van der Waals surface area contributed by atoms with Crippen LogP contribution in [0, 0.1) is 22.3 Å². The zero-order chi connectivity index (χ0) is 20.5. The largest absolute Gasteiger partial charge is 0.295 e. The number of hydrogen-bond acceptors (Lipinski definition) is 4. The molecule has 3 nitrogen and oxygen atoms in total. The summed E-state index contributed by atoms with van der Waals surface area (Å²) in [6, 6.07) is 6.21. The minimum Gasteiger partial charge on any atom is -0.295 e. The number of nitriles is 1. The normalized spacial score (nSPS) is 21.6. The monoisotopic (exact) mass is 429 g/mol. The highest BCUT2D eigenvalue weighted by Crippen LogP contribution is 2.36. The summed E-state index contributed by atoms with van der Waals surface area (Å²) in [7, 11) is 1.52. The van der Waals surface area contributed by atoms with Gasteiger partial charge in [-0.1, -0.05) is 29.8 Å². The average molecular weight is 430 g/mol. The third-order valence-corrected chi connectivity index (χ3v) is 5.52. The topological polar surface area (TPSA) is 39.1 Å². The summed E-state index contributed by atoms with van der Waals surface area (Å²) in [5.74, 6) is -4.38. The second-order valence-corrected chi connectivity index (χ2v) is 7.70. The van der Waals surface area contributed by atoms with Crippen LogP contribution in [0.15, 0.2) is 36.4 Å². The van der Waals surface area contributed by atoms with Crippen LogP contribution in [-0.4, -0.2) is 36.5 Å². The molecule has 1 heterocycles. The van der Waals surface area contributed by atoms with Crippen LogP contribution in [-0.2, 0) is 6.42 Å². The molecule has 2 aromatic carbocycles. The molecule has 148 valence electrons. The van der Waals surface area contributed by atoms with Crippen molar-refractivity contribution in [2.75, 3.05) is 13.6 Å². The molecule has 0 aromatic heterocycles. The average Bonchev–Trinajstić information content (AvgIpc) is 2.85. The van der Waals surface area contributed by atoms with E-state index in [2.05, 4.69) is 4.72 Å². The second kappa shape index (κ2) is 8.29. The zero-order valence-electron chi connectivity index (χ0n) is 14.7. The van der Waals surface area contributed by atoms with Crippen LogP contribution in [0.25, 0.3) is 11.1 Å². The van der Waals surface area contributed by atoms with E-state index in [1.165, 1.54) is 36.2 Å². The number of alkyl halides is 2. The number of hydrogen-bond donors (Lipinski definition) is 1. The predicted molar refractivity (Wildman–Crippen MR) is 102 cm³/mol. The third-order valence-electron chi connectivity index (χ3n) is 4.82. The van der Waals surface area contributed by atoms with Gasteiger partial charge in [-0.15, -0.1) is 0 Å². The summed E-state index contributed by atoms with van der Waals surface area (Å²) in [5.41, 5.74) is 0.202. The number of benzene rings is 2. The Balaban J connectivity index is 1.94. The molecule has 28 heavy (non-hydrogen) atoms. The van der Waals surface area contributed by atoms with E-state index in [0.717, 1.165) is 6.07 Å². The van der Waals surface area contributed by atoms with Crippen molar-refractivity contribution >= 4 is 23.5 Å². The van der Waals surface area contributed by atoms with Crippen molar-refractivity contribution in [3.8, 4) is 16.5 Å². The summed E-state index contributed by atoms with van der Waals surface area (Å²) in [6.07, 6.45) is -0.0302. The molecule has 3 rings (SSSR count). The maximum atomic E-state index is 15.1. The van der Waals surface area contributed by atoms with Gasteiger partial charge < -0.3 is 0 Å². The number of thiocyanates is 1. The molecule has 1 saturated heterocycles. The number of rotatable bonds is 5. The Bertz CT molecular complexity index is 919. The lowest BCUT2D eigenvalue weighted by Crippen LogP contribution is -2.46. The molecule has 9 heteroatoms. The molecule has 0 saturated carbocycles. The van der Waals surface area contributed by atoms with Gasteiger partial charge in [0.25, 0.3) is 5.92 Å². The Hall–Kier alpha value is -1.79. The van der Waals surface area contributed by atoms with Gasteiger partial charge in [0, 0.05) is 34.1 Å². The molecule has 1 aliphatic heterocycles. The molecule has 0 aliphatic carbocycles. The SMILES string of the molecule is CN1CC(F)(F)C(NSC#N)C1Cc1cccc(-c2cc(Cl)ccc2F)c1F. The zero-order valence-corrected chi connectivity index (χ0v) is 16.3. The molecule has 2 aromatic rings. The van der Waals surface area contributed by atoms with Gasteiger partial charge in [0.15, 0.2) is 0 Å². The first-order chi connectivity index (χ1) is 13.2. The summed E-state index contributed by atoms with van der Waals surface area (Å²) >= 11 is 6.42. The fourth-order valence-corrected chi connectivity index (χ4v) is 4.17. The smallest absolute Gasteiger partial charge is 0.277 e. The maximum absolute atomic E-state index is 15.1. The van der Waals surface area contributed by atoms with Crippen LogP contribution in [0.4, 0.5) is 17.6 Å². The van der Waals surface area contributed by atoms with E-state index in [-0.39, 0.29) is 28.1 Å². The van der Waals surface area contributed by atoms with Gasteiger partial charge in [0.1, 0.15) is 17.0 Å². The second-order valence-electron chi connectivity index (χ2n) is 6.64. The summed E-state index contributed by atoms with van der Waals surface area (Å²) in [6.45, 7) is -0.508. The fourth-order valence-electron chi connectivity index (χ4n) is 3.49. The molecule has 0 amide bonds. The fraction of sp³-hybridized carbons (Fsp3) is 0.316. The number of likely N-dealkylation sites (N-methyl/N-ethyl adjacent to an activating group) is 1. The molecule has 0 radical (unpaired) electrons. The van der Waals surface area contributed by atoms with Crippen molar-refractivity contribution in [1.29, 1.82) is 5.26 Å².